The first-order valence-corrected chi connectivity index (χ1v) is 9.76. The molecule has 8 heteroatoms. The largest absolute Gasteiger partial charge is 0.336 e. The first-order chi connectivity index (χ1) is 13.5. The van der Waals surface area contributed by atoms with Crippen LogP contribution < -0.4 is 5.56 Å². The molecule has 0 bridgehead atoms. The molecule has 0 aliphatic rings. The fourth-order valence-electron chi connectivity index (χ4n) is 2.97. The second-order valence-corrected chi connectivity index (χ2v) is 6.92. The number of rotatable bonds is 7. The summed E-state index contributed by atoms with van der Waals surface area (Å²) in [5, 5.41) is 0.657. The topological polar surface area (TPSA) is 55.2 Å². The smallest absolute Gasteiger partial charge is 0.265 e. The van der Waals surface area contributed by atoms with Crippen LogP contribution in [0.25, 0.3) is 11.0 Å². The van der Waals surface area contributed by atoms with Gasteiger partial charge in [0, 0.05) is 36.4 Å². The summed E-state index contributed by atoms with van der Waals surface area (Å²) in [7, 11) is 0. The van der Waals surface area contributed by atoms with Gasteiger partial charge < -0.3 is 4.90 Å². The molecule has 1 aromatic carbocycles. The van der Waals surface area contributed by atoms with Crippen molar-refractivity contribution in [3.63, 3.8) is 0 Å². The molecule has 1 amide bonds. The second-order valence-electron chi connectivity index (χ2n) is 6.16. The number of fused-ring (bicyclic) bond motifs is 1. The molecule has 0 N–H and O–H groups in total. The van der Waals surface area contributed by atoms with Crippen molar-refractivity contribution in [2.45, 2.75) is 6.54 Å². The molecule has 3 rings (SSSR count). The van der Waals surface area contributed by atoms with Crippen molar-refractivity contribution < 1.29 is 9.18 Å². The van der Waals surface area contributed by atoms with E-state index in [1.165, 1.54) is 21.6 Å². The molecule has 3 aromatic rings. The number of hydrogen-bond donors (Lipinski definition) is 0. The van der Waals surface area contributed by atoms with E-state index in [0.29, 0.717) is 11.0 Å². The number of alkyl halides is 2. The van der Waals surface area contributed by atoms with Crippen LogP contribution in [0, 0.1) is 5.82 Å². The third-order valence-electron chi connectivity index (χ3n) is 4.33. The zero-order valence-corrected chi connectivity index (χ0v) is 16.5. The maximum atomic E-state index is 13.2. The SMILES string of the molecule is O=C(c1cc2cccnc2n(Cc2ccc(F)cc2)c1=O)N(CCCl)CCCl. The number of pyridine rings is 2. The first-order valence-electron chi connectivity index (χ1n) is 8.69. The molecule has 0 unspecified atom stereocenters. The van der Waals surface area contributed by atoms with Crippen LogP contribution in [-0.2, 0) is 6.54 Å². The zero-order valence-electron chi connectivity index (χ0n) is 14.9. The van der Waals surface area contributed by atoms with Crippen molar-refractivity contribution in [2.24, 2.45) is 0 Å². The lowest BCUT2D eigenvalue weighted by molar-refractivity contribution is 0.0773. The minimum atomic E-state index is -0.463. The van der Waals surface area contributed by atoms with E-state index in [9.17, 15) is 14.0 Å². The molecule has 0 aliphatic heterocycles. The van der Waals surface area contributed by atoms with Crippen molar-refractivity contribution in [3.05, 3.63) is 76.0 Å². The summed E-state index contributed by atoms with van der Waals surface area (Å²) in [5.41, 5.74) is 0.737. The van der Waals surface area contributed by atoms with Crippen LogP contribution in [0.15, 0.2) is 53.5 Å². The number of nitrogens with zero attached hydrogens (tertiary/aromatic N) is 3. The molecular weight excluding hydrogens is 404 g/mol. The van der Waals surface area contributed by atoms with Crippen LogP contribution in [0.5, 0.6) is 0 Å². The van der Waals surface area contributed by atoms with Crippen LogP contribution in [0.2, 0.25) is 0 Å². The summed E-state index contributed by atoms with van der Waals surface area (Å²) in [6.45, 7) is 0.740. The van der Waals surface area contributed by atoms with Crippen molar-refractivity contribution in [3.8, 4) is 0 Å². The average molecular weight is 422 g/mol. The Morgan fingerprint density at radius 2 is 1.79 bits per heavy atom. The highest BCUT2D eigenvalue weighted by Gasteiger charge is 2.21. The summed E-state index contributed by atoms with van der Waals surface area (Å²) >= 11 is 11.6. The third-order valence-corrected chi connectivity index (χ3v) is 4.67. The van der Waals surface area contributed by atoms with E-state index in [-0.39, 0.29) is 42.8 Å². The summed E-state index contributed by atoms with van der Waals surface area (Å²) in [4.78, 5) is 31.9. The van der Waals surface area contributed by atoms with Crippen LogP contribution in [0.3, 0.4) is 0 Å². The van der Waals surface area contributed by atoms with Crippen LogP contribution in [0.1, 0.15) is 15.9 Å². The van der Waals surface area contributed by atoms with Gasteiger partial charge in [-0.3, -0.25) is 14.2 Å². The fourth-order valence-corrected chi connectivity index (χ4v) is 3.38. The van der Waals surface area contributed by atoms with Gasteiger partial charge in [0.15, 0.2) is 0 Å². The number of aromatic nitrogens is 2. The van der Waals surface area contributed by atoms with E-state index < -0.39 is 11.5 Å². The third kappa shape index (κ3) is 4.34. The van der Waals surface area contributed by atoms with Gasteiger partial charge in [0.1, 0.15) is 17.0 Å². The predicted molar refractivity (Wildman–Crippen MR) is 109 cm³/mol. The highest BCUT2D eigenvalue weighted by atomic mass is 35.5. The Morgan fingerprint density at radius 1 is 1.11 bits per heavy atom. The van der Waals surface area contributed by atoms with Crippen LogP contribution in [-0.4, -0.2) is 45.2 Å². The standard InChI is InChI=1S/C20H18Cl2FN3O2/c21-7-10-25(11-8-22)19(27)17-12-15-2-1-9-24-18(15)26(20(17)28)13-14-3-5-16(23)6-4-14/h1-6,9,12H,7-8,10-11,13H2. The van der Waals surface area contributed by atoms with Gasteiger partial charge in [0.05, 0.1) is 6.54 Å². The molecule has 0 spiro atoms. The Kier molecular flexibility index (Phi) is 6.65. The van der Waals surface area contributed by atoms with Crippen molar-refractivity contribution in [2.75, 3.05) is 24.8 Å². The maximum Gasteiger partial charge on any atom is 0.265 e. The van der Waals surface area contributed by atoms with Gasteiger partial charge in [-0.25, -0.2) is 9.37 Å². The number of hydrogen-bond acceptors (Lipinski definition) is 3. The monoisotopic (exact) mass is 421 g/mol. The Balaban J connectivity index is 2.12. The molecule has 0 aliphatic carbocycles. The molecule has 0 saturated heterocycles. The summed E-state index contributed by atoms with van der Waals surface area (Å²) < 4.78 is 14.6. The molecule has 146 valence electrons. The fraction of sp³-hybridized carbons (Fsp3) is 0.250. The summed E-state index contributed by atoms with van der Waals surface area (Å²) in [6, 6.07) is 10.9. The van der Waals surface area contributed by atoms with E-state index in [1.807, 2.05) is 0 Å². The Bertz CT molecular complexity index is 1030. The molecule has 5 nitrogen and oxygen atoms in total. The lowest BCUT2D eigenvalue weighted by Crippen LogP contribution is -2.39. The highest BCUT2D eigenvalue weighted by Crippen LogP contribution is 2.15. The van der Waals surface area contributed by atoms with Gasteiger partial charge in [0.2, 0.25) is 0 Å². The van der Waals surface area contributed by atoms with Gasteiger partial charge in [-0.2, -0.15) is 0 Å². The van der Waals surface area contributed by atoms with E-state index in [1.54, 1.807) is 36.5 Å². The molecule has 2 heterocycles. The van der Waals surface area contributed by atoms with E-state index in [2.05, 4.69) is 4.98 Å². The van der Waals surface area contributed by atoms with E-state index in [4.69, 9.17) is 23.2 Å². The lowest BCUT2D eigenvalue weighted by atomic mass is 10.1. The Hall–Kier alpha value is -2.44. The van der Waals surface area contributed by atoms with E-state index in [0.717, 1.165) is 5.56 Å². The van der Waals surface area contributed by atoms with Crippen molar-refractivity contribution in [1.29, 1.82) is 0 Å². The van der Waals surface area contributed by atoms with Gasteiger partial charge in [0.25, 0.3) is 11.5 Å². The Morgan fingerprint density at radius 3 is 2.43 bits per heavy atom. The number of carbonyl (C=O) groups excluding carboxylic acids is 1. The second kappa shape index (κ2) is 9.17. The average Bonchev–Trinajstić information content (AvgIpc) is 2.70. The molecule has 0 radical (unpaired) electrons. The summed E-state index contributed by atoms with van der Waals surface area (Å²) in [5.74, 6) is -0.311. The van der Waals surface area contributed by atoms with Crippen molar-refractivity contribution in [1.82, 2.24) is 14.5 Å². The number of carbonyl (C=O) groups is 1. The summed E-state index contributed by atoms with van der Waals surface area (Å²) in [6.07, 6.45) is 1.58. The lowest BCUT2D eigenvalue weighted by Gasteiger charge is -2.21. The van der Waals surface area contributed by atoms with Gasteiger partial charge >= 0.3 is 0 Å². The zero-order chi connectivity index (χ0) is 20.1. The molecule has 0 saturated carbocycles. The molecule has 0 fully saturated rings. The van der Waals surface area contributed by atoms with Gasteiger partial charge in [-0.05, 0) is 35.9 Å². The number of halogens is 3. The van der Waals surface area contributed by atoms with Gasteiger partial charge in [-0.1, -0.05) is 12.1 Å². The van der Waals surface area contributed by atoms with Crippen LogP contribution in [0.4, 0.5) is 4.39 Å². The highest BCUT2D eigenvalue weighted by molar-refractivity contribution is 6.18. The Labute approximate surface area is 171 Å². The van der Waals surface area contributed by atoms with Gasteiger partial charge in [-0.15, -0.1) is 23.2 Å². The molecule has 2 aromatic heterocycles. The van der Waals surface area contributed by atoms with E-state index >= 15 is 0 Å². The molecular formula is C20H18Cl2FN3O2. The van der Waals surface area contributed by atoms with Crippen LogP contribution >= 0.6 is 23.2 Å². The normalized spacial score (nSPS) is 11.0. The quantitative estimate of drug-likeness (QED) is 0.548. The number of benzene rings is 1. The molecule has 0 atom stereocenters. The number of amides is 1. The first kappa shape index (κ1) is 20.3. The predicted octanol–water partition coefficient (Wildman–Crippen LogP) is 3.50. The minimum Gasteiger partial charge on any atom is -0.336 e. The minimum absolute atomic E-state index is 0.0258. The van der Waals surface area contributed by atoms with Crippen molar-refractivity contribution >= 4 is 40.1 Å². The molecule has 28 heavy (non-hydrogen) atoms. The maximum absolute atomic E-state index is 13.2.